The van der Waals surface area contributed by atoms with E-state index in [1.807, 2.05) is 58.9 Å². The first-order valence-corrected chi connectivity index (χ1v) is 11.7. The molecule has 35 heavy (non-hydrogen) atoms. The quantitative estimate of drug-likeness (QED) is 0.386. The highest BCUT2D eigenvalue weighted by Gasteiger charge is 2.34. The minimum atomic E-state index is -0.963. The van der Waals surface area contributed by atoms with Gasteiger partial charge in [-0.15, -0.1) is 0 Å². The lowest BCUT2D eigenvalue weighted by atomic mass is 9.93. The molecule has 3 heterocycles. The number of pyridine rings is 1. The van der Waals surface area contributed by atoms with Crippen molar-refractivity contribution in [3.63, 3.8) is 0 Å². The van der Waals surface area contributed by atoms with Crippen molar-refractivity contribution in [2.45, 2.75) is 25.7 Å². The molecule has 2 atom stereocenters. The van der Waals surface area contributed by atoms with Crippen LogP contribution in [0.4, 0.5) is 5.82 Å². The molecular formula is C27H30N8. The van der Waals surface area contributed by atoms with Gasteiger partial charge >= 0.3 is 0 Å². The molecule has 0 bridgehead atoms. The molecule has 2 aromatic heterocycles. The van der Waals surface area contributed by atoms with Crippen LogP contribution in [0.5, 0.6) is 0 Å². The van der Waals surface area contributed by atoms with E-state index in [2.05, 4.69) is 57.6 Å². The summed E-state index contributed by atoms with van der Waals surface area (Å²) in [5, 5.41) is 7.92. The van der Waals surface area contributed by atoms with Gasteiger partial charge in [-0.25, -0.2) is 4.98 Å². The van der Waals surface area contributed by atoms with Crippen LogP contribution in [0, 0.1) is 5.92 Å². The summed E-state index contributed by atoms with van der Waals surface area (Å²) in [5.41, 5.74) is 17.9. The molecule has 2 unspecified atom stereocenters. The zero-order valence-corrected chi connectivity index (χ0v) is 20.0. The van der Waals surface area contributed by atoms with Crippen molar-refractivity contribution < 1.29 is 0 Å². The van der Waals surface area contributed by atoms with E-state index in [9.17, 15) is 0 Å². The summed E-state index contributed by atoms with van der Waals surface area (Å²) in [6, 6.07) is 22.7. The van der Waals surface area contributed by atoms with Gasteiger partial charge in [-0.1, -0.05) is 61.5 Å². The molecule has 8 heteroatoms. The number of benzene rings is 2. The second-order valence-electron chi connectivity index (χ2n) is 8.97. The van der Waals surface area contributed by atoms with E-state index in [0.717, 1.165) is 40.4 Å². The lowest BCUT2D eigenvalue weighted by Gasteiger charge is -2.38. The van der Waals surface area contributed by atoms with E-state index in [1.165, 1.54) is 5.56 Å². The van der Waals surface area contributed by atoms with Crippen molar-refractivity contribution in [2.24, 2.45) is 22.4 Å². The summed E-state index contributed by atoms with van der Waals surface area (Å²) in [6.07, 6.45) is 6.03. The molecular weight excluding hydrogens is 436 g/mol. The van der Waals surface area contributed by atoms with Gasteiger partial charge in [0.15, 0.2) is 11.4 Å². The van der Waals surface area contributed by atoms with Crippen molar-refractivity contribution in [1.29, 1.82) is 0 Å². The minimum absolute atomic E-state index is 0.0194. The highest BCUT2D eigenvalue weighted by atomic mass is 15.4. The Morgan fingerprint density at radius 3 is 2.63 bits per heavy atom. The molecule has 4 aromatic rings. The molecule has 5 N–H and O–H groups in total. The number of rotatable bonds is 7. The molecule has 0 saturated carbocycles. The van der Waals surface area contributed by atoms with Crippen LogP contribution in [0.1, 0.15) is 18.1 Å². The molecule has 8 nitrogen and oxygen atoms in total. The lowest BCUT2D eigenvalue weighted by Crippen LogP contribution is -2.59. The van der Waals surface area contributed by atoms with Crippen LogP contribution >= 0.6 is 0 Å². The minimum Gasteiger partial charge on any atom is -0.335 e. The van der Waals surface area contributed by atoms with Crippen LogP contribution in [0.2, 0.25) is 0 Å². The van der Waals surface area contributed by atoms with E-state index in [1.54, 1.807) is 12.5 Å². The second kappa shape index (κ2) is 9.32. The third-order valence-electron chi connectivity index (χ3n) is 6.54. The van der Waals surface area contributed by atoms with Crippen molar-refractivity contribution in [1.82, 2.24) is 19.9 Å². The number of anilines is 1. The molecule has 5 rings (SSSR count). The van der Waals surface area contributed by atoms with Gasteiger partial charge in [-0.3, -0.25) is 10.7 Å². The van der Waals surface area contributed by atoms with Crippen molar-refractivity contribution in [3.05, 3.63) is 96.1 Å². The SMILES string of the molecule is CC(Cc1cccc(CN)c1)C1(N)N=CC=C(N(C)c2cc(-c3ccccc3)cc3ncnn23)N1. The number of nitrogens with zero attached hydrogens (tertiary/aromatic N) is 5. The lowest BCUT2D eigenvalue weighted by molar-refractivity contribution is 0.255. The van der Waals surface area contributed by atoms with Gasteiger partial charge in [0.1, 0.15) is 18.0 Å². The average Bonchev–Trinajstić information content (AvgIpc) is 3.37. The van der Waals surface area contributed by atoms with Gasteiger partial charge in [0, 0.05) is 25.7 Å². The van der Waals surface area contributed by atoms with Gasteiger partial charge in [-0.05, 0) is 46.9 Å². The van der Waals surface area contributed by atoms with Crippen molar-refractivity contribution >= 4 is 17.7 Å². The largest absolute Gasteiger partial charge is 0.335 e. The zero-order chi connectivity index (χ0) is 24.4. The monoisotopic (exact) mass is 466 g/mol. The van der Waals surface area contributed by atoms with Gasteiger partial charge in [-0.2, -0.15) is 9.61 Å². The van der Waals surface area contributed by atoms with E-state index >= 15 is 0 Å². The number of hydrogen-bond acceptors (Lipinski definition) is 7. The number of allylic oxidation sites excluding steroid dienone is 1. The summed E-state index contributed by atoms with van der Waals surface area (Å²) in [5.74, 6) is 0.742. The maximum atomic E-state index is 6.80. The van der Waals surface area contributed by atoms with Crippen LogP contribution in [0.15, 0.2) is 89.9 Å². The Kier molecular flexibility index (Phi) is 6.07. The highest BCUT2D eigenvalue weighted by molar-refractivity contribution is 5.77. The fraction of sp³-hybridized carbons (Fsp3) is 0.222. The summed E-state index contributed by atoms with van der Waals surface area (Å²) in [4.78, 5) is 11.1. The first-order chi connectivity index (χ1) is 17.0. The number of nitrogens with one attached hydrogen (secondary N) is 1. The van der Waals surface area contributed by atoms with Crippen molar-refractivity contribution in [2.75, 3.05) is 11.9 Å². The smallest absolute Gasteiger partial charge is 0.186 e. The maximum absolute atomic E-state index is 6.80. The molecule has 0 spiro atoms. The molecule has 0 saturated heterocycles. The van der Waals surface area contributed by atoms with Gasteiger partial charge in [0.05, 0.1) is 0 Å². The second-order valence-corrected chi connectivity index (χ2v) is 8.97. The summed E-state index contributed by atoms with van der Waals surface area (Å²) < 4.78 is 1.82. The van der Waals surface area contributed by atoms with Crippen LogP contribution < -0.4 is 21.7 Å². The first-order valence-electron chi connectivity index (χ1n) is 11.7. The predicted octanol–water partition coefficient (Wildman–Crippen LogP) is 3.30. The summed E-state index contributed by atoms with van der Waals surface area (Å²) in [6.45, 7) is 2.62. The number of fused-ring (bicyclic) bond motifs is 1. The average molecular weight is 467 g/mol. The van der Waals surface area contributed by atoms with E-state index in [-0.39, 0.29) is 5.92 Å². The molecule has 2 aromatic carbocycles. The topological polar surface area (TPSA) is 110 Å². The molecule has 0 aliphatic carbocycles. The Hall–Kier alpha value is -4.01. The van der Waals surface area contributed by atoms with Crippen LogP contribution in [-0.2, 0) is 13.0 Å². The van der Waals surface area contributed by atoms with E-state index < -0.39 is 5.79 Å². The number of nitrogens with two attached hydrogens (primary N) is 2. The molecule has 1 aliphatic rings. The fourth-order valence-electron chi connectivity index (χ4n) is 4.42. The Morgan fingerprint density at radius 1 is 1.03 bits per heavy atom. The molecule has 0 radical (unpaired) electrons. The first kappa shape index (κ1) is 22.8. The molecule has 1 aliphatic heterocycles. The Balaban J connectivity index is 1.42. The summed E-state index contributed by atoms with van der Waals surface area (Å²) in [7, 11) is 1.99. The normalized spacial score (nSPS) is 18.2. The number of aliphatic imine (C=N–C) groups is 1. The highest BCUT2D eigenvalue weighted by Crippen LogP contribution is 2.29. The van der Waals surface area contributed by atoms with Gasteiger partial charge < -0.3 is 16.0 Å². The van der Waals surface area contributed by atoms with Gasteiger partial charge in [0.25, 0.3) is 0 Å². The third-order valence-corrected chi connectivity index (χ3v) is 6.54. The zero-order valence-electron chi connectivity index (χ0n) is 20.0. The van der Waals surface area contributed by atoms with Crippen LogP contribution in [0.25, 0.3) is 16.8 Å². The fourth-order valence-corrected chi connectivity index (χ4v) is 4.42. The third kappa shape index (κ3) is 4.53. The molecule has 0 amide bonds. The molecule has 0 fully saturated rings. The van der Waals surface area contributed by atoms with Crippen LogP contribution in [-0.4, -0.2) is 33.6 Å². The summed E-state index contributed by atoms with van der Waals surface area (Å²) >= 11 is 0. The van der Waals surface area contributed by atoms with Gasteiger partial charge in [0.2, 0.25) is 0 Å². The number of hydrogen-bond donors (Lipinski definition) is 3. The Labute approximate surface area is 205 Å². The van der Waals surface area contributed by atoms with E-state index in [0.29, 0.717) is 6.54 Å². The Bertz CT molecular complexity index is 1390. The predicted molar refractivity (Wildman–Crippen MR) is 141 cm³/mol. The van der Waals surface area contributed by atoms with E-state index in [4.69, 9.17) is 11.5 Å². The Morgan fingerprint density at radius 2 is 1.83 bits per heavy atom. The molecule has 178 valence electrons. The van der Waals surface area contributed by atoms with Crippen molar-refractivity contribution in [3.8, 4) is 11.1 Å². The number of aromatic nitrogens is 3. The maximum Gasteiger partial charge on any atom is 0.186 e. The van der Waals surface area contributed by atoms with Crippen LogP contribution in [0.3, 0.4) is 0 Å². The standard InChI is InChI=1S/C27H30N8/c1-19(13-20-7-6-8-21(14-20)17-28)27(29)31-12-11-24(33-27)34(2)26-16-23(22-9-4-3-5-10-22)15-25-30-18-32-35(25)26/h3-12,14-16,18-19,33H,13,17,28-29H2,1-2H3.